The van der Waals surface area contributed by atoms with Gasteiger partial charge in [0, 0.05) is 12.6 Å². The molecule has 0 aliphatic carbocycles. The molecule has 1 rings (SSSR count). The first kappa shape index (κ1) is 14.8. The molecule has 0 aromatic carbocycles. The van der Waals surface area contributed by atoms with Crippen LogP contribution in [0, 0.1) is 0 Å². The molecule has 1 aromatic rings. The monoisotopic (exact) mass is 272 g/mol. The number of nitrogens with one attached hydrogen (secondary N) is 2. The maximum Gasteiger partial charge on any atom is 0.343 e. The van der Waals surface area contributed by atoms with E-state index in [0.29, 0.717) is 11.7 Å². The van der Waals surface area contributed by atoms with Crippen molar-refractivity contribution in [2.24, 2.45) is 0 Å². The van der Waals surface area contributed by atoms with Crippen LogP contribution in [0.25, 0.3) is 0 Å². The number of rotatable bonds is 7. The number of hydrogen-bond donors (Lipinski definition) is 2. The zero-order chi connectivity index (χ0) is 13.5. The predicted octanol–water partition coefficient (Wildman–Crippen LogP) is 0.988. The van der Waals surface area contributed by atoms with Crippen molar-refractivity contribution < 1.29 is 4.79 Å². The van der Waals surface area contributed by atoms with Crippen molar-refractivity contribution in [3.8, 4) is 0 Å². The molecule has 0 atom stereocenters. The number of carbonyl (C=O) groups is 1. The Morgan fingerprint density at radius 3 is 2.89 bits per heavy atom. The highest BCUT2D eigenvalue weighted by Crippen LogP contribution is 2.13. The van der Waals surface area contributed by atoms with Gasteiger partial charge in [-0.05, 0) is 20.3 Å². The fraction of sp³-hybridized carbons (Fsp3) is 0.727. The molecule has 6 nitrogen and oxygen atoms in total. The number of carbonyl (C=O) groups excluding carboxylic acids is 1. The molecule has 18 heavy (non-hydrogen) atoms. The largest absolute Gasteiger partial charge is 0.353 e. The molecule has 0 bridgehead atoms. The summed E-state index contributed by atoms with van der Waals surface area (Å²) in [6.45, 7) is 6.52. The highest BCUT2D eigenvalue weighted by atomic mass is 32.2. The number of aromatic amines is 1. The maximum absolute atomic E-state index is 11.5. The third kappa shape index (κ3) is 4.56. The van der Waals surface area contributed by atoms with Crippen LogP contribution in [0.2, 0.25) is 0 Å². The summed E-state index contributed by atoms with van der Waals surface area (Å²) in [5, 5.41) is 9.72. The molecule has 102 valence electrons. The number of nitrogens with zero attached hydrogens (tertiary/aromatic N) is 2. The van der Waals surface area contributed by atoms with Crippen LogP contribution >= 0.6 is 11.8 Å². The zero-order valence-corrected chi connectivity index (χ0v) is 11.8. The summed E-state index contributed by atoms with van der Waals surface area (Å²) in [7, 11) is 0. The molecule has 1 aromatic heterocycles. The van der Waals surface area contributed by atoms with Crippen LogP contribution in [-0.4, -0.2) is 32.5 Å². The minimum Gasteiger partial charge on any atom is -0.353 e. The van der Waals surface area contributed by atoms with Gasteiger partial charge in [0.2, 0.25) is 5.91 Å². The van der Waals surface area contributed by atoms with E-state index in [1.165, 1.54) is 11.8 Å². The van der Waals surface area contributed by atoms with Crippen LogP contribution < -0.4 is 11.0 Å². The zero-order valence-electron chi connectivity index (χ0n) is 11.0. The SMILES string of the molecule is CCCCn1c(SCC(=O)NC(C)C)n[nH]c1=O. The van der Waals surface area contributed by atoms with Gasteiger partial charge in [-0.15, -0.1) is 5.10 Å². The Morgan fingerprint density at radius 2 is 2.28 bits per heavy atom. The van der Waals surface area contributed by atoms with E-state index in [4.69, 9.17) is 0 Å². The van der Waals surface area contributed by atoms with Crippen molar-refractivity contribution in [3.05, 3.63) is 10.5 Å². The van der Waals surface area contributed by atoms with Gasteiger partial charge >= 0.3 is 5.69 Å². The summed E-state index contributed by atoms with van der Waals surface area (Å²) < 4.78 is 1.58. The molecule has 1 heterocycles. The van der Waals surface area contributed by atoms with Gasteiger partial charge in [0.05, 0.1) is 5.75 Å². The molecule has 2 N–H and O–H groups in total. The van der Waals surface area contributed by atoms with Gasteiger partial charge in [-0.2, -0.15) is 0 Å². The lowest BCUT2D eigenvalue weighted by Gasteiger charge is -2.08. The van der Waals surface area contributed by atoms with Crippen LogP contribution in [0.5, 0.6) is 0 Å². The standard InChI is InChI=1S/C11H20N4O2S/c1-4-5-6-15-10(17)13-14-11(15)18-7-9(16)12-8(2)3/h8H,4-7H2,1-3H3,(H,12,16)(H,13,17). The van der Waals surface area contributed by atoms with Gasteiger partial charge in [0.1, 0.15) is 0 Å². The average molecular weight is 272 g/mol. The van der Waals surface area contributed by atoms with Gasteiger partial charge in [0.15, 0.2) is 5.16 Å². The van der Waals surface area contributed by atoms with E-state index >= 15 is 0 Å². The van der Waals surface area contributed by atoms with Crippen LogP contribution in [-0.2, 0) is 11.3 Å². The van der Waals surface area contributed by atoms with E-state index in [9.17, 15) is 9.59 Å². The van der Waals surface area contributed by atoms with E-state index < -0.39 is 0 Å². The van der Waals surface area contributed by atoms with Crippen LogP contribution in [0.1, 0.15) is 33.6 Å². The van der Waals surface area contributed by atoms with E-state index in [-0.39, 0.29) is 23.4 Å². The number of aromatic nitrogens is 3. The Bertz CT molecular complexity index is 438. The number of hydrogen-bond acceptors (Lipinski definition) is 4. The average Bonchev–Trinajstić information content (AvgIpc) is 2.64. The maximum atomic E-state index is 11.5. The molecule has 0 saturated carbocycles. The van der Waals surface area contributed by atoms with Crippen molar-refractivity contribution in [2.45, 2.75) is 51.4 Å². The van der Waals surface area contributed by atoms with E-state index in [2.05, 4.69) is 22.4 Å². The van der Waals surface area contributed by atoms with Gasteiger partial charge in [0.25, 0.3) is 0 Å². The quantitative estimate of drug-likeness (QED) is 0.725. The molecule has 0 saturated heterocycles. The number of H-pyrrole nitrogens is 1. The molecule has 0 fully saturated rings. The van der Waals surface area contributed by atoms with E-state index in [1.807, 2.05) is 13.8 Å². The Kier molecular flexibility index (Phi) is 5.97. The molecule has 0 spiro atoms. The number of unbranched alkanes of at least 4 members (excludes halogenated alkanes) is 1. The van der Waals surface area contributed by atoms with Crippen LogP contribution in [0.4, 0.5) is 0 Å². The summed E-state index contributed by atoms with van der Waals surface area (Å²) in [5.74, 6) is 0.224. The smallest absolute Gasteiger partial charge is 0.343 e. The summed E-state index contributed by atoms with van der Waals surface area (Å²) in [6.07, 6.45) is 1.93. The lowest BCUT2D eigenvalue weighted by molar-refractivity contribution is -0.119. The summed E-state index contributed by atoms with van der Waals surface area (Å²) in [5.41, 5.74) is -0.213. The predicted molar refractivity (Wildman–Crippen MR) is 71.8 cm³/mol. The van der Waals surface area contributed by atoms with Crippen LogP contribution in [0.15, 0.2) is 9.95 Å². The first-order chi connectivity index (χ1) is 8.54. The summed E-state index contributed by atoms with van der Waals surface area (Å²) in [6, 6.07) is 0.125. The van der Waals surface area contributed by atoms with Gasteiger partial charge in [-0.25, -0.2) is 9.89 Å². The van der Waals surface area contributed by atoms with Crippen molar-refractivity contribution in [1.29, 1.82) is 0 Å². The minimum atomic E-state index is -0.213. The molecular weight excluding hydrogens is 252 g/mol. The second-order valence-electron chi connectivity index (χ2n) is 4.33. The lowest BCUT2D eigenvalue weighted by atomic mass is 10.3. The number of thioether (sulfide) groups is 1. The summed E-state index contributed by atoms with van der Waals surface area (Å²) in [4.78, 5) is 23.0. The van der Waals surface area contributed by atoms with Crippen molar-refractivity contribution in [3.63, 3.8) is 0 Å². The fourth-order valence-electron chi connectivity index (χ4n) is 1.42. The van der Waals surface area contributed by atoms with Crippen molar-refractivity contribution in [1.82, 2.24) is 20.1 Å². The third-order valence-corrected chi connectivity index (χ3v) is 3.22. The Balaban J connectivity index is 2.56. The molecule has 7 heteroatoms. The van der Waals surface area contributed by atoms with Gasteiger partial charge in [-0.3, -0.25) is 9.36 Å². The highest BCUT2D eigenvalue weighted by Gasteiger charge is 2.11. The second kappa shape index (κ2) is 7.25. The Morgan fingerprint density at radius 1 is 1.56 bits per heavy atom. The fourth-order valence-corrected chi connectivity index (χ4v) is 2.20. The highest BCUT2D eigenvalue weighted by molar-refractivity contribution is 7.99. The topological polar surface area (TPSA) is 79.8 Å². The van der Waals surface area contributed by atoms with Crippen molar-refractivity contribution >= 4 is 17.7 Å². The van der Waals surface area contributed by atoms with Crippen molar-refractivity contribution in [2.75, 3.05) is 5.75 Å². The van der Waals surface area contributed by atoms with Gasteiger partial charge in [-0.1, -0.05) is 25.1 Å². The third-order valence-electron chi connectivity index (χ3n) is 2.24. The first-order valence-electron chi connectivity index (χ1n) is 6.12. The minimum absolute atomic E-state index is 0.0486. The molecule has 0 aliphatic rings. The van der Waals surface area contributed by atoms with E-state index in [0.717, 1.165) is 12.8 Å². The van der Waals surface area contributed by atoms with Gasteiger partial charge < -0.3 is 5.32 Å². The molecule has 0 aliphatic heterocycles. The first-order valence-corrected chi connectivity index (χ1v) is 7.10. The summed E-state index contributed by atoms with van der Waals surface area (Å²) >= 11 is 1.28. The molecular formula is C11H20N4O2S. The Hall–Kier alpha value is -1.24. The normalized spacial score (nSPS) is 10.9. The lowest BCUT2D eigenvalue weighted by Crippen LogP contribution is -2.31. The molecule has 0 unspecified atom stereocenters. The second-order valence-corrected chi connectivity index (χ2v) is 5.27. The van der Waals surface area contributed by atoms with Crippen LogP contribution in [0.3, 0.4) is 0 Å². The molecule has 1 amide bonds. The molecule has 0 radical (unpaired) electrons. The number of amides is 1. The van der Waals surface area contributed by atoms with E-state index in [1.54, 1.807) is 4.57 Å². The Labute approximate surface area is 111 Å².